The number of pyridine rings is 1. The predicted octanol–water partition coefficient (Wildman–Crippen LogP) is 3.86. The van der Waals surface area contributed by atoms with Crippen molar-refractivity contribution in [3.63, 3.8) is 0 Å². The van der Waals surface area contributed by atoms with Gasteiger partial charge < -0.3 is 9.47 Å². The van der Waals surface area contributed by atoms with Crippen molar-refractivity contribution in [2.75, 3.05) is 13.7 Å². The molecule has 0 saturated carbocycles. The van der Waals surface area contributed by atoms with Gasteiger partial charge in [0.05, 0.1) is 42.4 Å². The third-order valence-corrected chi connectivity index (χ3v) is 4.10. The Morgan fingerprint density at radius 2 is 2.00 bits per heavy atom. The standard InChI is InChI=1S/C20H23N3O3/c1-12(2)11-26-19-13(3)8-16(10-21-19)23-18-7-6-15(20(24)25-5)9-17(18)14(4)22-23/h6-10,12H,11H2,1-5H3. The highest BCUT2D eigenvalue weighted by atomic mass is 16.5. The van der Waals surface area contributed by atoms with Crippen LogP contribution in [0.15, 0.2) is 30.5 Å². The van der Waals surface area contributed by atoms with E-state index < -0.39 is 0 Å². The fraction of sp³-hybridized carbons (Fsp3) is 0.350. The molecular formula is C20H23N3O3. The molecule has 0 bridgehead atoms. The fourth-order valence-corrected chi connectivity index (χ4v) is 2.77. The van der Waals surface area contributed by atoms with Crippen molar-refractivity contribution in [1.82, 2.24) is 14.8 Å². The highest BCUT2D eigenvalue weighted by Crippen LogP contribution is 2.25. The van der Waals surface area contributed by atoms with Crippen LogP contribution in [0, 0.1) is 19.8 Å². The number of hydrogen-bond acceptors (Lipinski definition) is 5. The lowest BCUT2D eigenvalue weighted by atomic mass is 10.1. The summed E-state index contributed by atoms with van der Waals surface area (Å²) in [4.78, 5) is 16.2. The Hall–Kier alpha value is -2.89. The number of carbonyl (C=O) groups excluding carboxylic acids is 1. The molecule has 0 aliphatic heterocycles. The zero-order valence-corrected chi connectivity index (χ0v) is 15.7. The van der Waals surface area contributed by atoms with E-state index in [9.17, 15) is 4.79 Å². The zero-order valence-electron chi connectivity index (χ0n) is 15.7. The summed E-state index contributed by atoms with van der Waals surface area (Å²) in [5, 5.41) is 5.52. The summed E-state index contributed by atoms with van der Waals surface area (Å²) in [5.41, 5.74) is 4.06. The summed E-state index contributed by atoms with van der Waals surface area (Å²) in [7, 11) is 1.38. The van der Waals surface area contributed by atoms with Crippen LogP contribution in [0.2, 0.25) is 0 Å². The predicted molar refractivity (Wildman–Crippen MR) is 100 cm³/mol. The van der Waals surface area contributed by atoms with Gasteiger partial charge in [-0.2, -0.15) is 5.10 Å². The smallest absolute Gasteiger partial charge is 0.337 e. The molecule has 3 aromatic rings. The van der Waals surface area contributed by atoms with Crippen LogP contribution in [0.1, 0.15) is 35.5 Å². The van der Waals surface area contributed by atoms with Crippen LogP contribution in [0.4, 0.5) is 0 Å². The number of fused-ring (bicyclic) bond motifs is 1. The molecule has 2 aromatic heterocycles. The molecule has 0 saturated heterocycles. The van der Waals surface area contributed by atoms with Gasteiger partial charge >= 0.3 is 5.97 Å². The van der Waals surface area contributed by atoms with E-state index in [1.807, 2.05) is 30.7 Å². The molecule has 6 heteroatoms. The molecule has 1 aromatic carbocycles. The highest BCUT2D eigenvalue weighted by molar-refractivity contribution is 5.95. The number of nitrogens with zero attached hydrogens (tertiary/aromatic N) is 3. The van der Waals surface area contributed by atoms with Gasteiger partial charge in [-0.25, -0.2) is 14.5 Å². The van der Waals surface area contributed by atoms with Crippen LogP contribution in [-0.2, 0) is 4.74 Å². The van der Waals surface area contributed by atoms with Gasteiger partial charge in [-0.05, 0) is 44.0 Å². The van der Waals surface area contributed by atoms with E-state index in [0.717, 1.165) is 27.8 Å². The quantitative estimate of drug-likeness (QED) is 0.652. The molecule has 26 heavy (non-hydrogen) atoms. The normalized spacial score (nSPS) is 11.2. The molecule has 0 aliphatic rings. The Bertz CT molecular complexity index is 960. The number of ether oxygens (including phenoxy) is 2. The van der Waals surface area contributed by atoms with Gasteiger partial charge in [-0.1, -0.05) is 13.8 Å². The van der Waals surface area contributed by atoms with Crippen LogP contribution < -0.4 is 4.74 Å². The second-order valence-electron chi connectivity index (χ2n) is 6.74. The molecular weight excluding hydrogens is 330 g/mol. The Labute approximate surface area is 152 Å². The van der Waals surface area contributed by atoms with Gasteiger partial charge in [0, 0.05) is 10.9 Å². The number of aromatic nitrogens is 3. The molecule has 3 rings (SSSR count). The van der Waals surface area contributed by atoms with E-state index in [-0.39, 0.29) is 5.97 Å². The Morgan fingerprint density at radius 1 is 1.23 bits per heavy atom. The average Bonchev–Trinajstić information content (AvgIpc) is 2.96. The second-order valence-corrected chi connectivity index (χ2v) is 6.74. The van der Waals surface area contributed by atoms with E-state index in [1.54, 1.807) is 18.3 Å². The second kappa shape index (κ2) is 7.15. The van der Waals surface area contributed by atoms with Crippen LogP contribution in [0.3, 0.4) is 0 Å². The number of aryl methyl sites for hydroxylation is 2. The number of methoxy groups -OCH3 is 1. The molecule has 136 valence electrons. The maximum Gasteiger partial charge on any atom is 0.337 e. The molecule has 0 fully saturated rings. The van der Waals surface area contributed by atoms with Gasteiger partial charge in [-0.15, -0.1) is 0 Å². The first-order valence-corrected chi connectivity index (χ1v) is 8.58. The van der Waals surface area contributed by atoms with E-state index in [1.165, 1.54) is 7.11 Å². The summed E-state index contributed by atoms with van der Waals surface area (Å²) in [6.45, 7) is 8.73. The molecule has 0 spiro atoms. The van der Waals surface area contributed by atoms with Crippen molar-refractivity contribution in [3.8, 4) is 11.6 Å². The minimum atomic E-state index is -0.358. The van der Waals surface area contributed by atoms with E-state index in [0.29, 0.717) is 24.0 Å². The molecule has 0 N–H and O–H groups in total. The third kappa shape index (κ3) is 3.40. The van der Waals surface area contributed by atoms with Gasteiger partial charge in [0.1, 0.15) is 0 Å². The van der Waals surface area contributed by atoms with Crippen molar-refractivity contribution in [2.24, 2.45) is 5.92 Å². The first-order valence-electron chi connectivity index (χ1n) is 8.58. The topological polar surface area (TPSA) is 66.2 Å². The van der Waals surface area contributed by atoms with Gasteiger partial charge in [0.15, 0.2) is 0 Å². The number of rotatable bonds is 5. The molecule has 0 atom stereocenters. The van der Waals surface area contributed by atoms with E-state index in [4.69, 9.17) is 9.47 Å². The zero-order chi connectivity index (χ0) is 18.8. The Balaban J connectivity index is 2.00. The summed E-state index contributed by atoms with van der Waals surface area (Å²) >= 11 is 0. The minimum Gasteiger partial charge on any atom is -0.477 e. The molecule has 0 amide bonds. The van der Waals surface area contributed by atoms with Gasteiger partial charge in [0.2, 0.25) is 5.88 Å². The first kappa shape index (κ1) is 17.9. The molecule has 0 aliphatic carbocycles. The average molecular weight is 353 g/mol. The third-order valence-electron chi connectivity index (χ3n) is 4.10. The maximum atomic E-state index is 11.8. The lowest BCUT2D eigenvalue weighted by molar-refractivity contribution is 0.0601. The molecule has 2 heterocycles. The van der Waals surface area contributed by atoms with Crippen molar-refractivity contribution >= 4 is 16.9 Å². The van der Waals surface area contributed by atoms with Gasteiger partial charge in [0.25, 0.3) is 0 Å². The number of carbonyl (C=O) groups is 1. The summed E-state index contributed by atoms with van der Waals surface area (Å²) in [5.74, 6) is 0.726. The largest absolute Gasteiger partial charge is 0.477 e. The summed E-state index contributed by atoms with van der Waals surface area (Å²) < 4.78 is 12.4. The van der Waals surface area contributed by atoms with E-state index in [2.05, 4.69) is 23.9 Å². The number of esters is 1. The SMILES string of the molecule is COC(=O)c1ccc2c(c1)c(C)nn2-c1cnc(OCC(C)C)c(C)c1. The van der Waals surface area contributed by atoms with Crippen LogP contribution in [0.5, 0.6) is 5.88 Å². The van der Waals surface area contributed by atoms with Crippen LogP contribution >= 0.6 is 0 Å². The van der Waals surface area contributed by atoms with Crippen molar-refractivity contribution < 1.29 is 14.3 Å². The van der Waals surface area contributed by atoms with Crippen molar-refractivity contribution in [3.05, 3.63) is 47.3 Å². The maximum absolute atomic E-state index is 11.8. The first-order chi connectivity index (χ1) is 12.4. The minimum absolute atomic E-state index is 0.358. The van der Waals surface area contributed by atoms with Crippen LogP contribution in [0.25, 0.3) is 16.6 Å². The van der Waals surface area contributed by atoms with Crippen LogP contribution in [-0.4, -0.2) is 34.5 Å². The summed E-state index contributed by atoms with van der Waals surface area (Å²) in [6.07, 6.45) is 1.75. The number of benzene rings is 1. The van der Waals surface area contributed by atoms with Crippen molar-refractivity contribution in [1.29, 1.82) is 0 Å². The molecule has 0 radical (unpaired) electrons. The monoisotopic (exact) mass is 353 g/mol. The Kier molecular flexibility index (Phi) is 4.93. The van der Waals surface area contributed by atoms with E-state index >= 15 is 0 Å². The lowest BCUT2D eigenvalue weighted by Crippen LogP contribution is -2.07. The number of hydrogen-bond donors (Lipinski definition) is 0. The fourth-order valence-electron chi connectivity index (χ4n) is 2.77. The molecule has 6 nitrogen and oxygen atoms in total. The highest BCUT2D eigenvalue weighted by Gasteiger charge is 2.14. The van der Waals surface area contributed by atoms with Crippen molar-refractivity contribution in [2.45, 2.75) is 27.7 Å². The van der Waals surface area contributed by atoms with Gasteiger partial charge in [-0.3, -0.25) is 0 Å². The molecule has 0 unspecified atom stereocenters. The lowest BCUT2D eigenvalue weighted by Gasteiger charge is -2.11. The Morgan fingerprint density at radius 3 is 2.65 bits per heavy atom. The summed E-state index contributed by atoms with van der Waals surface area (Å²) in [6, 6.07) is 7.43.